The van der Waals surface area contributed by atoms with E-state index < -0.39 is 0 Å². The molecule has 0 bridgehead atoms. The van der Waals surface area contributed by atoms with Gasteiger partial charge in [0.1, 0.15) is 0 Å². The summed E-state index contributed by atoms with van der Waals surface area (Å²) in [5.74, 6) is 2.83. The van der Waals surface area contributed by atoms with Gasteiger partial charge in [0.15, 0.2) is 5.96 Å². The van der Waals surface area contributed by atoms with Crippen LogP contribution in [-0.4, -0.2) is 53.6 Å². The SMILES string of the molecule is CCOc1cc(CNC(=NC)N2CCSC(CC)C2)ccn1.I. The van der Waals surface area contributed by atoms with Crippen LogP contribution in [0, 0.1) is 0 Å². The largest absolute Gasteiger partial charge is 0.478 e. The van der Waals surface area contributed by atoms with Gasteiger partial charge in [0.25, 0.3) is 0 Å². The highest BCUT2D eigenvalue weighted by Crippen LogP contribution is 2.21. The van der Waals surface area contributed by atoms with Crippen LogP contribution in [0.2, 0.25) is 0 Å². The standard InChI is InChI=1S/C16H26N4OS.HI/c1-4-14-12-20(8-9-22-14)16(17-3)19-11-13-6-7-18-15(10-13)21-5-2;/h6-7,10,14H,4-5,8-9,11-12H2,1-3H3,(H,17,19);1H. The molecule has 0 aromatic carbocycles. The van der Waals surface area contributed by atoms with Crippen molar-refractivity contribution < 1.29 is 4.74 Å². The van der Waals surface area contributed by atoms with Gasteiger partial charge in [-0.1, -0.05) is 6.92 Å². The first kappa shape index (κ1) is 20.3. The lowest BCUT2D eigenvalue weighted by Gasteiger charge is -2.34. The van der Waals surface area contributed by atoms with Gasteiger partial charge in [0.05, 0.1) is 6.61 Å². The Hall–Kier alpha value is -0.700. The number of thioether (sulfide) groups is 1. The molecule has 1 unspecified atom stereocenters. The van der Waals surface area contributed by atoms with Crippen LogP contribution in [0.25, 0.3) is 0 Å². The second-order valence-electron chi connectivity index (χ2n) is 5.18. The fourth-order valence-electron chi connectivity index (χ4n) is 2.46. The quantitative estimate of drug-likeness (QED) is 0.425. The van der Waals surface area contributed by atoms with Crippen molar-refractivity contribution in [2.24, 2.45) is 4.99 Å². The molecule has 0 aliphatic carbocycles. The summed E-state index contributed by atoms with van der Waals surface area (Å²) in [6.45, 7) is 7.71. The number of hydrogen-bond acceptors (Lipinski definition) is 4. The maximum absolute atomic E-state index is 5.44. The Labute approximate surface area is 160 Å². The Bertz CT molecular complexity index is 501. The smallest absolute Gasteiger partial charge is 0.213 e. The van der Waals surface area contributed by atoms with Crippen LogP contribution >= 0.6 is 35.7 Å². The molecule has 2 rings (SSSR count). The third kappa shape index (κ3) is 6.37. The molecular formula is C16H27IN4OS. The van der Waals surface area contributed by atoms with Gasteiger partial charge in [-0.15, -0.1) is 24.0 Å². The third-order valence-electron chi connectivity index (χ3n) is 3.65. The van der Waals surface area contributed by atoms with Crippen molar-refractivity contribution >= 4 is 41.7 Å². The molecule has 1 saturated heterocycles. The van der Waals surface area contributed by atoms with Gasteiger partial charge in [-0.25, -0.2) is 4.98 Å². The molecule has 1 aliphatic heterocycles. The van der Waals surface area contributed by atoms with E-state index in [2.05, 4.69) is 38.9 Å². The predicted octanol–water partition coefficient (Wildman–Crippen LogP) is 3.00. The van der Waals surface area contributed by atoms with Crippen LogP contribution in [0.4, 0.5) is 0 Å². The molecule has 1 aromatic rings. The van der Waals surface area contributed by atoms with Crippen molar-refractivity contribution in [1.82, 2.24) is 15.2 Å². The van der Waals surface area contributed by atoms with Crippen molar-refractivity contribution in [3.8, 4) is 5.88 Å². The van der Waals surface area contributed by atoms with Crippen molar-refractivity contribution in [3.63, 3.8) is 0 Å². The van der Waals surface area contributed by atoms with Crippen LogP contribution in [0.15, 0.2) is 23.3 Å². The number of nitrogens with zero attached hydrogens (tertiary/aromatic N) is 3. The van der Waals surface area contributed by atoms with Gasteiger partial charge in [-0.05, 0) is 25.0 Å². The average Bonchev–Trinajstić information content (AvgIpc) is 2.56. The number of rotatable bonds is 5. The number of pyridine rings is 1. The van der Waals surface area contributed by atoms with Gasteiger partial charge in [-0.3, -0.25) is 4.99 Å². The Morgan fingerprint density at radius 2 is 2.35 bits per heavy atom. The summed E-state index contributed by atoms with van der Waals surface area (Å²) in [5, 5.41) is 4.16. The number of nitrogens with one attached hydrogen (secondary N) is 1. The van der Waals surface area contributed by atoms with E-state index in [1.807, 2.05) is 26.1 Å². The second-order valence-corrected chi connectivity index (χ2v) is 6.59. The first-order valence-corrected chi connectivity index (χ1v) is 8.96. The molecule has 5 nitrogen and oxygen atoms in total. The molecule has 0 saturated carbocycles. The van der Waals surface area contributed by atoms with Gasteiger partial charge < -0.3 is 15.0 Å². The van der Waals surface area contributed by atoms with Crippen LogP contribution in [0.1, 0.15) is 25.8 Å². The van der Waals surface area contributed by atoms with E-state index in [0.29, 0.717) is 17.7 Å². The van der Waals surface area contributed by atoms with Crippen molar-refractivity contribution in [2.45, 2.75) is 32.1 Å². The van der Waals surface area contributed by atoms with Crippen LogP contribution in [-0.2, 0) is 6.54 Å². The van der Waals surface area contributed by atoms with Gasteiger partial charge in [0, 0.05) is 49.9 Å². The summed E-state index contributed by atoms with van der Waals surface area (Å²) in [6, 6.07) is 3.98. The molecule has 1 N–H and O–H groups in total. The zero-order valence-electron chi connectivity index (χ0n) is 14.1. The summed E-state index contributed by atoms with van der Waals surface area (Å²) < 4.78 is 5.44. The van der Waals surface area contributed by atoms with Crippen LogP contribution in [0.3, 0.4) is 0 Å². The Balaban J connectivity index is 0.00000264. The van der Waals surface area contributed by atoms with E-state index in [4.69, 9.17) is 4.74 Å². The Morgan fingerprint density at radius 1 is 1.52 bits per heavy atom. The topological polar surface area (TPSA) is 49.8 Å². The monoisotopic (exact) mass is 450 g/mol. The fourth-order valence-corrected chi connectivity index (χ4v) is 3.64. The average molecular weight is 450 g/mol. The van der Waals surface area contributed by atoms with E-state index in [1.165, 1.54) is 12.2 Å². The third-order valence-corrected chi connectivity index (χ3v) is 5.02. The minimum absolute atomic E-state index is 0. The first-order valence-electron chi connectivity index (χ1n) is 7.91. The summed E-state index contributed by atoms with van der Waals surface area (Å²) in [6.07, 6.45) is 3.00. The molecule has 23 heavy (non-hydrogen) atoms. The van der Waals surface area contributed by atoms with Crippen LogP contribution < -0.4 is 10.1 Å². The molecule has 1 atom stereocenters. The van der Waals surface area contributed by atoms with Crippen molar-refractivity contribution in [2.75, 3.05) is 32.5 Å². The molecule has 2 heterocycles. The number of guanidine groups is 1. The number of hydrogen-bond donors (Lipinski definition) is 1. The maximum Gasteiger partial charge on any atom is 0.213 e. The van der Waals surface area contributed by atoms with Gasteiger partial charge >= 0.3 is 0 Å². The highest BCUT2D eigenvalue weighted by atomic mass is 127. The summed E-state index contributed by atoms with van der Waals surface area (Å²) >= 11 is 2.07. The lowest BCUT2D eigenvalue weighted by molar-refractivity contribution is 0.326. The van der Waals surface area contributed by atoms with E-state index in [1.54, 1.807) is 6.20 Å². The highest BCUT2D eigenvalue weighted by Gasteiger charge is 2.21. The number of aliphatic imine (C=N–C) groups is 1. The second kappa shape index (κ2) is 11.0. The van der Waals surface area contributed by atoms with Crippen molar-refractivity contribution in [1.29, 1.82) is 0 Å². The zero-order valence-corrected chi connectivity index (χ0v) is 17.3. The molecular weight excluding hydrogens is 423 g/mol. The van der Waals surface area contributed by atoms with E-state index in [9.17, 15) is 0 Å². The summed E-state index contributed by atoms with van der Waals surface area (Å²) in [5.41, 5.74) is 1.15. The minimum atomic E-state index is 0. The fraction of sp³-hybridized carbons (Fsp3) is 0.625. The van der Waals surface area contributed by atoms with Crippen molar-refractivity contribution in [3.05, 3.63) is 23.9 Å². The van der Waals surface area contributed by atoms with E-state index >= 15 is 0 Å². The molecule has 1 fully saturated rings. The predicted molar refractivity (Wildman–Crippen MR) is 109 cm³/mol. The lowest BCUT2D eigenvalue weighted by Crippen LogP contribution is -2.47. The summed E-state index contributed by atoms with van der Waals surface area (Å²) in [4.78, 5) is 11.0. The molecule has 0 amide bonds. The van der Waals surface area contributed by atoms with E-state index in [-0.39, 0.29) is 24.0 Å². The molecule has 0 spiro atoms. The summed E-state index contributed by atoms with van der Waals surface area (Å²) in [7, 11) is 1.85. The molecule has 1 aromatic heterocycles. The Morgan fingerprint density at radius 3 is 3.04 bits per heavy atom. The molecule has 0 radical (unpaired) electrons. The Kier molecular flexibility index (Phi) is 9.69. The molecule has 1 aliphatic rings. The maximum atomic E-state index is 5.44. The lowest BCUT2D eigenvalue weighted by atomic mass is 10.2. The first-order chi connectivity index (χ1) is 10.8. The number of aromatic nitrogens is 1. The molecule has 7 heteroatoms. The van der Waals surface area contributed by atoms with Gasteiger partial charge in [0.2, 0.25) is 5.88 Å². The van der Waals surface area contributed by atoms with Crippen LogP contribution in [0.5, 0.6) is 5.88 Å². The number of ether oxygens (including phenoxy) is 1. The van der Waals surface area contributed by atoms with E-state index in [0.717, 1.165) is 31.2 Å². The normalized spacial score (nSPS) is 18.3. The van der Waals surface area contributed by atoms with Gasteiger partial charge in [-0.2, -0.15) is 11.8 Å². The zero-order chi connectivity index (χ0) is 15.8. The highest BCUT2D eigenvalue weighted by molar-refractivity contribution is 14.0. The minimum Gasteiger partial charge on any atom is -0.478 e. The molecule has 130 valence electrons. The number of halogens is 1.